The number of aliphatic hydroxyl groups excluding tert-OH is 1. The van der Waals surface area contributed by atoms with Gasteiger partial charge in [-0.15, -0.1) is 0 Å². The molecule has 2 heteroatoms. The number of aliphatic hydroxyl groups is 1. The smallest absolute Gasteiger partial charge is 0.112 e. The maximum atomic E-state index is 10.5. The molecule has 0 aliphatic heterocycles. The lowest BCUT2D eigenvalue weighted by atomic mass is 10.8. The van der Waals surface area contributed by atoms with Crippen molar-refractivity contribution in [2.75, 3.05) is 13.3 Å². The Morgan fingerprint density at radius 3 is 2.00 bits per heavy atom. The van der Waals surface area contributed by atoms with Gasteiger partial charge in [-0.2, -0.15) is 0 Å². The molecular weight excluding hydrogens is 58.0 g/mol. The van der Waals surface area contributed by atoms with Gasteiger partial charge in [0, 0.05) is 0 Å². The van der Waals surface area contributed by atoms with Gasteiger partial charge in [-0.05, 0) is 0 Å². The minimum atomic E-state index is -0.625. The van der Waals surface area contributed by atoms with Crippen molar-refractivity contribution in [2.45, 2.75) is 0 Å². The molecule has 0 heterocycles. The molecule has 0 aliphatic carbocycles. The van der Waals surface area contributed by atoms with Crippen LogP contribution >= 0.6 is 0 Å². The standard InChI is InChI=1S/C2H5FO/c3-1-2-4/h4H,1-2H2/i3-1. The second kappa shape index (κ2) is 2.89. The van der Waals surface area contributed by atoms with E-state index in [4.69, 9.17) is 5.11 Å². The zero-order chi connectivity index (χ0) is 3.41. The predicted octanol–water partition coefficient (Wildman–Crippen LogP) is -0.0518. The molecule has 0 aromatic heterocycles. The summed E-state index contributed by atoms with van der Waals surface area (Å²) < 4.78 is 10.5. The van der Waals surface area contributed by atoms with Gasteiger partial charge in [-0.1, -0.05) is 0 Å². The van der Waals surface area contributed by atoms with Gasteiger partial charge in [-0.3, -0.25) is 0 Å². The fourth-order valence-electron chi connectivity index (χ4n) is 0. The van der Waals surface area contributed by atoms with Gasteiger partial charge in [0.05, 0.1) is 6.61 Å². The highest BCUT2D eigenvalue weighted by Crippen LogP contribution is 1.54. The summed E-state index contributed by atoms with van der Waals surface area (Å²) in [6, 6.07) is 0. The lowest BCUT2D eigenvalue weighted by Crippen LogP contribution is -1.77. The third-order valence-corrected chi connectivity index (χ3v) is 0.0845. The number of hydrogen-bond acceptors (Lipinski definition) is 1. The van der Waals surface area contributed by atoms with Gasteiger partial charge >= 0.3 is 0 Å². The number of hydrogen-bond donors (Lipinski definition) is 1. The van der Waals surface area contributed by atoms with Crippen molar-refractivity contribution < 1.29 is 9.50 Å². The van der Waals surface area contributed by atoms with E-state index in [0.29, 0.717) is 0 Å². The largest absolute Gasteiger partial charge is 0.394 e. The topological polar surface area (TPSA) is 20.2 Å². The average molecular weight is 63.1 g/mol. The van der Waals surface area contributed by atoms with Crippen molar-refractivity contribution in [2.24, 2.45) is 0 Å². The summed E-state index contributed by atoms with van der Waals surface area (Å²) in [6.07, 6.45) is 0. The minimum Gasteiger partial charge on any atom is -0.394 e. The highest BCUT2D eigenvalue weighted by Gasteiger charge is 1.61. The van der Waals surface area contributed by atoms with E-state index in [1.807, 2.05) is 0 Å². The van der Waals surface area contributed by atoms with Crippen LogP contribution in [0.5, 0.6) is 0 Å². The van der Waals surface area contributed by atoms with Crippen LogP contribution in [0.25, 0.3) is 0 Å². The summed E-state index contributed by atoms with van der Waals surface area (Å²) in [6.45, 7) is -0.972. The lowest BCUT2D eigenvalue weighted by molar-refractivity contribution is 0.253. The zero-order valence-corrected chi connectivity index (χ0v) is 2.24. The van der Waals surface area contributed by atoms with Crippen molar-refractivity contribution in [3.05, 3.63) is 0 Å². The van der Waals surface area contributed by atoms with Crippen molar-refractivity contribution in [3.8, 4) is 0 Å². The molecule has 0 amide bonds. The van der Waals surface area contributed by atoms with E-state index < -0.39 is 6.67 Å². The minimum absolute atomic E-state index is 0.347. The maximum Gasteiger partial charge on any atom is 0.112 e. The Labute approximate surface area is 24.1 Å². The van der Waals surface area contributed by atoms with Crippen LogP contribution < -0.4 is 0 Å². The van der Waals surface area contributed by atoms with E-state index in [-0.39, 0.29) is 6.61 Å². The molecule has 0 radical (unpaired) electrons. The number of rotatable bonds is 1. The molecule has 1 nitrogen and oxygen atoms in total. The summed E-state index contributed by atoms with van der Waals surface area (Å²) in [5.74, 6) is 0. The van der Waals surface area contributed by atoms with Crippen LogP contribution in [0.15, 0.2) is 0 Å². The summed E-state index contributed by atoms with van der Waals surface area (Å²) in [4.78, 5) is 0. The zero-order valence-electron chi connectivity index (χ0n) is 2.24. The molecule has 0 aliphatic rings. The normalized spacial score (nSPS) is 7.50. The van der Waals surface area contributed by atoms with Crippen molar-refractivity contribution in [1.29, 1.82) is 0 Å². The van der Waals surface area contributed by atoms with E-state index in [0.717, 1.165) is 0 Å². The quantitative estimate of drug-likeness (QED) is 0.452. The first kappa shape index (κ1) is 3.89. The molecule has 0 aromatic rings. The van der Waals surface area contributed by atoms with Gasteiger partial charge in [0.25, 0.3) is 0 Å². The first-order chi connectivity index (χ1) is 1.91. The second-order valence-corrected chi connectivity index (χ2v) is 0.413. The molecule has 4 heavy (non-hydrogen) atoms. The van der Waals surface area contributed by atoms with Crippen molar-refractivity contribution in [1.82, 2.24) is 0 Å². The Bertz CT molecular complexity index is 8.00. The molecule has 0 saturated heterocycles. The van der Waals surface area contributed by atoms with Crippen LogP contribution in [-0.4, -0.2) is 18.4 Å². The predicted molar refractivity (Wildman–Crippen MR) is 13.1 cm³/mol. The molecule has 0 fully saturated rings. The summed E-state index contributed by atoms with van der Waals surface area (Å²) in [7, 11) is 0. The lowest BCUT2D eigenvalue weighted by Gasteiger charge is -1.66. The highest BCUT2D eigenvalue weighted by atomic mass is 18.2. The first-order valence-corrected chi connectivity index (χ1v) is 1.08. The van der Waals surface area contributed by atoms with Crippen LogP contribution in [0.3, 0.4) is 0 Å². The first-order valence-electron chi connectivity index (χ1n) is 1.08. The molecule has 1 N–H and O–H groups in total. The van der Waals surface area contributed by atoms with Crippen molar-refractivity contribution in [3.63, 3.8) is 0 Å². The molecule has 0 aromatic carbocycles. The van der Waals surface area contributed by atoms with Crippen molar-refractivity contribution >= 4 is 0 Å². The molecule has 0 spiro atoms. The second-order valence-electron chi connectivity index (χ2n) is 0.413. The molecule has 0 atom stereocenters. The van der Waals surface area contributed by atoms with E-state index in [1.165, 1.54) is 0 Å². The van der Waals surface area contributed by atoms with Gasteiger partial charge < -0.3 is 5.11 Å². The van der Waals surface area contributed by atoms with E-state index >= 15 is 0 Å². The van der Waals surface area contributed by atoms with E-state index in [2.05, 4.69) is 0 Å². The summed E-state index contributed by atoms with van der Waals surface area (Å²) in [5, 5.41) is 7.50. The monoisotopic (exact) mass is 63.0 g/mol. The molecule has 0 unspecified atom stereocenters. The molecule has 0 bridgehead atoms. The van der Waals surface area contributed by atoms with Crippen LogP contribution in [0.4, 0.5) is 4.39 Å². The van der Waals surface area contributed by atoms with E-state index in [1.54, 1.807) is 0 Å². The van der Waals surface area contributed by atoms with Gasteiger partial charge in [0.15, 0.2) is 0 Å². The number of alkyl halides is 1. The molecule has 26 valence electrons. The fraction of sp³-hybridized carbons (Fsp3) is 1.00. The maximum absolute atomic E-state index is 10.5. The highest BCUT2D eigenvalue weighted by molar-refractivity contribution is 4.08. The Balaban J connectivity index is 1.97. The van der Waals surface area contributed by atoms with Crippen LogP contribution in [0.2, 0.25) is 0 Å². The summed E-state index contributed by atoms with van der Waals surface area (Å²) in [5.41, 5.74) is 0. The SMILES string of the molecule is OCC[18F]. The third kappa shape index (κ3) is 1.89. The van der Waals surface area contributed by atoms with E-state index in [9.17, 15) is 4.39 Å². The average Bonchev–Trinajstić information content (AvgIpc) is 1.37. The summed E-state index contributed by atoms with van der Waals surface area (Å²) >= 11 is 0. The van der Waals surface area contributed by atoms with Crippen LogP contribution in [0, 0.1) is 0 Å². The Morgan fingerprint density at radius 2 is 2.00 bits per heavy atom. The van der Waals surface area contributed by atoms with Crippen LogP contribution in [0.1, 0.15) is 0 Å². The Morgan fingerprint density at radius 1 is 1.75 bits per heavy atom. The Hall–Kier alpha value is -0.110. The third-order valence-electron chi connectivity index (χ3n) is 0.0845. The molecular formula is C2H5FO. The molecule has 0 saturated carbocycles. The fourth-order valence-corrected chi connectivity index (χ4v) is 0. The van der Waals surface area contributed by atoms with Crippen LogP contribution in [-0.2, 0) is 0 Å². The van der Waals surface area contributed by atoms with Gasteiger partial charge in [-0.25, -0.2) is 4.39 Å². The van der Waals surface area contributed by atoms with Gasteiger partial charge in [0.1, 0.15) is 6.67 Å². The molecule has 0 rings (SSSR count). The Kier molecular flexibility index (Phi) is 2.81. The number of halogens is 1. The van der Waals surface area contributed by atoms with Gasteiger partial charge in [0.2, 0.25) is 0 Å².